The number of hydrogen-bond acceptors (Lipinski definition) is 7. The van der Waals surface area contributed by atoms with Crippen LogP contribution in [-0.2, 0) is 20.1 Å². The van der Waals surface area contributed by atoms with E-state index in [1.165, 1.54) is 0 Å². The lowest BCUT2D eigenvalue weighted by atomic mass is 10.2. The van der Waals surface area contributed by atoms with Crippen LogP contribution in [0, 0.1) is 0 Å². The van der Waals surface area contributed by atoms with Crippen LogP contribution >= 0.6 is 11.6 Å². The predicted octanol–water partition coefficient (Wildman–Crippen LogP) is 2.65. The minimum absolute atomic E-state index is 0.123. The lowest BCUT2D eigenvalue weighted by Crippen LogP contribution is -2.10. The molecule has 0 N–H and O–H groups in total. The molecular weight excluding hydrogens is 380 g/mol. The van der Waals surface area contributed by atoms with Crippen LogP contribution in [0.5, 0.6) is 6.01 Å². The summed E-state index contributed by atoms with van der Waals surface area (Å²) in [6.07, 6.45) is 2.64. The van der Waals surface area contributed by atoms with Gasteiger partial charge in [-0.05, 0) is 58.8 Å². The molecule has 28 heavy (non-hydrogen) atoms. The maximum Gasteiger partial charge on any atom is 0.315 e. The third-order valence-electron chi connectivity index (χ3n) is 4.13. The average molecular weight is 397 g/mol. The Labute approximate surface area is 166 Å². The predicted molar refractivity (Wildman–Crippen MR) is 102 cm³/mol. The highest BCUT2D eigenvalue weighted by molar-refractivity contribution is 6.30. The number of aryl methyl sites for hydroxylation is 2. The van der Waals surface area contributed by atoms with Gasteiger partial charge in [-0.15, -0.1) is 10.2 Å². The fraction of sp³-hybridized carbons (Fsp3) is 0.222. The van der Waals surface area contributed by atoms with E-state index in [2.05, 4.69) is 37.5 Å². The topological polar surface area (TPSA) is 96.4 Å². The lowest BCUT2D eigenvalue weighted by molar-refractivity contribution is 0.256. The minimum Gasteiger partial charge on any atom is -0.455 e. The smallest absolute Gasteiger partial charge is 0.315 e. The van der Waals surface area contributed by atoms with Gasteiger partial charge in [0.05, 0.1) is 0 Å². The molecule has 4 aromatic rings. The first-order chi connectivity index (χ1) is 13.6. The van der Waals surface area contributed by atoms with E-state index in [-0.39, 0.29) is 6.61 Å². The van der Waals surface area contributed by atoms with Crippen molar-refractivity contribution in [1.29, 1.82) is 0 Å². The molecule has 0 spiro atoms. The van der Waals surface area contributed by atoms with Crippen molar-refractivity contribution in [2.45, 2.75) is 20.0 Å². The van der Waals surface area contributed by atoms with Crippen LogP contribution in [0.4, 0.5) is 0 Å². The molecule has 10 heteroatoms. The normalized spacial score (nSPS) is 11.0. The number of halogens is 1. The molecule has 0 aliphatic heterocycles. The van der Waals surface area contributed by atoms with E-state index in [0.717, 1.165) is 17.5 Å². The maximum absolute atomic E-state index is 5.93. The first kappa shape index (κ1) is 18.1. The van der Waals surface area contributed by atoms with Gasteiger partial charge in [0.15, 0.2) is 24.1 Å². The molecule has 0 amide bonds. The highest BCUT2D eigenvalue weighted by Gasteiger charge is 2.14. The number of benzene rings is 1. The second kappa shape index (κ2) is 7.73. The first-order valence-corrected chi connectivity index (χ1v) is 9.04. The van der Waals surface area contributed by atoms with E-state index in [9.17, 15) is 0 Å². The van der Waals surface area contributed by atoms with Gasteiger partial charge in [-0.2, -0.15) is 9.67 Å². The lowest BCUT2D eigenvalue weighted by Gasteiger charge is -2.06. The molecular formula is C18H17ClN8O. The summed E-state index contributed by atoms with van der Waals surface area (Å²) in [5.41, 5.74) is 1.99. The third kappa shape index (κ3) is 3.70. The molecule has 3 aromatic heterocycles. The Morgan fingerprint density at radius 3 is 2.75 bits per heavy atom. The molecule has 3 heterocycles. The van der Waals surface area contributed by atoms with Crippen molar-refractivity contribution >= 4 is 11.6 Å². The molecule has 9 nitrogen and oxygen atoms in total. The van der Waals surface area contributed by atoms with E-state index in [1.54, 1.807) is 34.7 Å². The van der Waals surface area contributed by atoms with Gasteiger partial charge in [0.2, 0.25) is 0 Å². The van der Waals surface area contributed by atoms with E-state index < -0.39 is 0 Å². The molecule has 4 rings (SSSR count). The molecule has 0 radical (unpaired) electrons. The highest BCUT2D eigenvalue weighted by Crippen LogP contribution is 2.21. The van der Waals surface area contributed by atoms with Gasteiger partial charge in [0, 0.05) is 23.8 Å². The van der Waals surface area contributed by atoms with Gasteiger partial charge < -0.3 is 4.74 Å². The van der Waals surface area contributed by atoms with Gasteiger partial charge in [-0.1, -0.05) is 18.5 Å². The van der Waals surface area contributed by atoms with Crippen molar-refractivity contribution in [3.8, 4) is 23.2 Å². The summed E-state index contributed by atoms with van der Waals surface area (Å²) in [6.45, 7) is 2.20. The van der Waals surface area contributed by atoms with E-state index in [4.69, 9.17) is 16.3 Å². The van der Waals surface area contributed by atoms with Crippen molar-refractivity contribution in [1.82, 2.24) is 40.0 Å². The molecule has 0 aliphatic rings. The zero-order valence-corrected chi connectivity index (χ0v) is 16.1. The number of aromatic nitrogens is 8. The Morgan fingerprint density at radius 2 is 1.96 bits per heavy atom. The maximum atomic E-state index is 5.93. The fourth-order valence-corrected chi connectivity index (χ4v) is 2.74. The summed E-state index contributed by atoms with van der Waals surface area (Å²) in [7, 11) is 1.76. The number of tetrazole rings is 1. The Hall–Kier alpha value is -3.33. The van der Waals surface area contributed by atoms with Crippen LogP contribution in [-0.4, -0.2) is 40.0 Å². The van der Waals surface area contributed by atoms with Crippen LogP contribution in [0.1, 0.15) is 18.3 Å². The van der Waals surface area contributed by atoms with Crippen LogP contribution in [0.2, 0.25) is 5.02 Å². The van der Waals surface area contributed by atoms with Crippen LogP contribution in [0.3, 0.4) is 0 Å². The number of ether oxygens (including phenoxy) is 1. The molecule has 142 valence electrons. The minimum atomic E-state index is 0.123. The summed E-state index contributed by atoms with van der Waals surface area (Å²) >= 11 is 5.93. The standard InChI is InChI=1S/C18H17ClN8O/c1-3-12-8-9-20-15(10-12)27-16(22-24-25-27)11-28-18-21-17(23-26(18)2)13-4-6-14(19)7-5-13/h4-10H,3,11H2,1-2H3. The summed E-state index contributed by atoms with van der Waals surface area (Å²) in [5, 5.41) is 16.8. The molecule has 1 aromatic carbocycles. The quantitative estimate of drug-likeness (QED) is 0.494. The van der Waals surface area contributed by atoms with Gasteiger partial charge in [0.1, 0.15) is 0 Å². The molecule has 0 fully saturated rings. The second-order valence-electron chi connectivity index (χ2n) is 6.02. The van der Waals surface area contributed by atoms with Crippen molar-refractivity contribution < 1.29 is 4.74 Å². The first-order valence-electron chi connectivity index (χ1n) is 8.66. The second-order valence-corrected chi connectivity index (χ2v) is 6.46. The van der Waals surface area contributed by atoms with Crippen LogP contribution in [0.25, 0.3) is 17.2 Å². The Bertz CT molecular complexity index is 1090. The number of hydrogen-bond donors (Lipinski definition) is 0. The van der Waals surface area contributed by atoms with Gasteiger partial charge in [-0.3, -0.25) is 0 Å². The van der Waals surface area contributed by atoms with Crippen molar-refractivity contribution in [3.05, 3.63) is 59.0 Å². The summed E-state index contributed by atoms with van der Waals surface area (Å²) in [6, 6.07) is 11.6. The van der Waals surface area contributed by atoms with Crippen molar-refractivity contribution in [2.24, 2.45) is 7.05 Å². The Balaban J connectivity index is 1.53. The molecule has 0 aliphatic carbocycles. The zero-order chi connectivity index (χ0) is 19.5. The molecule has 0 atom stereocenters. The van der Waals surface area contributed by atoms with E-state index in [0.29, 0.717) is 28.5 Å². The van der Waals surface area contributed by atoms with E-state index in [1.807, 2.05) is 24.3 Å². The largest absolute Gasteiger partial charge is 0.455 e. The van der Waals surface area contributed by atoms with Gasteiger partial charge >= 0.3 is 6.01 Å². The summed E-state index contributed by atoms with van der Waals surface area (Å²) < 4.78 is 8.91. The van der Waals surface area contributed by atoms with Crippen LogP contribution < -0.4 is 4.74 Å². The SMILES string of the molecule is CCc1ccnc(-n2nnnc2COc2nc(-c3ccc(Cl)cc3)nn2C)c1. The molecule has 0 saturated carbocycles. The van der Waals surface area contributed by atoms with E-state index >= 15 is 0 Å². The molecule has 0 bridgehead atoms. The number of nitrogens with zero attached hydrogens (tertiary/aromatic N) is 8. The third-order valence-corrected chi connectivity index (χ3v) is 4.38. The average Bonchev–Trinajstić information content (AvgIpc) is 3.33. The monoisotopic (exact) mass is 396 g/mol. The van der Waals surface area contributed by atoms with Crippen molar-refractivity contribution in [2.75, 3.05) is 0 Å². The Kier molecular flexibility index (Phi) is 4.98. The van der Waals surface area contributed by atoms with Crippen molar-refractivity contribution in [3.63, 3.8) is 0 Å². The summed E-state index contributed by atoms with van der Waals surface area (Å²) in [5.74, 6) is 1.70. The van der Waals surface area contributed by atoms with Crippen LogP contribution in [0.15, 0.2) is 42.6 Å². The zero-order valence-electron chi connectivity index (χ0n) is 15.3. The van der Waals surface area contributed by atoms with Gasteiger partial charge in [0.25, 0.3) is 0 Å². The van der Waals surface area contributed by atoms with Gasteiger partial charge in [-0.25, -0.2) is 9.67 Å². The highest BCUT2D eigenvalue weighted by atomic mass is 35.5. The number of pyridine rings is 1. The summed E-state index contributed by atoms with van der Waals surface area (Å²) in [4.78, 5) is 8.77. The molecule has 0 unspecified atom stereocenters. The number of rotatable bonds is 6. The Morgan fingerprint density at radius 1 is 1.14 bits per heavy atom. The molecule has 0 saturated heterocycles. The fourth-order valence-electron chi connectivity index (χ4n) is 2.62.